The molecule has 0 aliphatic heterocycles. The Morgan fingerprint density at radius 3 is 2.12 bits per heavy atom. The lowest BCUT2D eigenvalue weighted by molar-refractivity contribution is 0.0468. The fraction of sp³-hybridized carbons (Fsp3) is 0.600. The molecule has 2 atom stereocenters. The van der Waals surface area contributed by atoms with Crippen LogP contribution in [0.4, 0.5) is 0 Å². The third kappa shape index (κ3) is 3.55. The Labute approximate surface area is 105 Å². The summed E-state index contributed by atoms with van der Waals surface area (Å²) in [7, 11) is 2.11. The molecule has 1 aromatic rings. The number of hydrogen-bond acceptors (Lipinski definition) is 2. The van der Waals surface area contributed by atoms with Gasteiger partial charge in [0.25, 0.3) is 0 Å². The van der Waals surface area contributed by atoms with Crippen molar-refractivity contribution < 1.29 is 5.11 Å². The lowest BCUT2D eigenvalue weighted by Crippen LogP contribution is -2.41. The summed E-state index contributed by atoms with van der Waals surface area (Å²) in [6, 6.07) is 10.6. The molecule has 0 radical (unpaired) electrons. The van der Waals surface area contributed by atoms with Crippen molar-refractivity contribution in [1.29, 1.82) is 0 Å². The van der Waals surface area contributed by atoms with Gasteiger partial charge in [-0.05, 0) is 32.4 Å². The van der Waals surface area contributed by atoms with Gasteiger partial charge in [-0.2, -0.15) is 0 Å². The van der Waals surface area contributed by atoms with Gasteiger partial charge in [0.1, 0.15) is 0 Å². The summed E-state index contributed by atoms with van der Waals surface area (Å²) in [4.78, 5) is 2.29. The lowest BCUT2D eigenvalue weighted by atomic mass is 10.00. The van der Waals surface area contributed by atoms with Crippen LogP contribution in [0.15, 0.2) is 30.3 Å². The molecule has 96 valence electrons. The van der Waals surface area contributed by atoms with Crippen LogP contribution in [0.25, 0.3) is 0 Å². The largest absolute Gasteiger partial charge is 0.387 e. The maximum Gasteiger partial charge on any atom is 0.0942 e. The Bertz CT molecular complexity index is 308. The summed E-state index contributed by atoms with van der Waals surface area (Å²) < 4.78 is 0. The molecule has 17 heavy (non-hydrogen) atoms. The average molecular weight is 235 g/mol. The summed E-state index contributed by atoms with van der Waals surface area (Å²) >= 11 is 0. The van der Waals surface area contributed by atoms with Gasteiger partial charge in [-0.15, -0.1) is 0 Å². The molecular formula is C15H25NO. The summed E-state index contributed by atoms with van der Waals surface area (Å²) in [5, 5.41) is 10.4. The van der Waals surface area contributed by atoms with Crippen LogP contribution < -0.4 is 0 Å². The molecule has 0 amide bonds. The van der Waals surface area contributed by atoms with Crippen LogP contribution in [-0.4, -0.2) is 29.1 Å². The van der Waals surface area contributed by atoms with Crippen molar-refractivity contribution in [1.82, 2.24) is 4.90 Å². The van der Waals surface area contributed by atoms with Crippen molar-refractivity contribution in [2.24, 2.45) is 0 Å². The summed E-state index contributed by atoms with van der Waals surface area (Å²) in [6.45, 7) is 6.49. The molecule has 0 heterocycles. The first-order valence-electron chi connectivity index (χ1n) is 6.56. The van der Waals surface area contributed by atoms with Crippen LogP contribution in [0, 0.1) is 0 Å². The smallest absolute Gasteiger partial charge is 0.0942 e. The second-order valence-corrected chi connectivity index (χ2v) is 4.73. The van der Waals surface area contributed by atoms with Crippen molar-refractivity contribution >= 4 is 0 Å². The zero-order chi connectivity index (χ0) is 12.8. The zero-order valence-corrected chi connectivity index (χ0v) is 11.4. The number of aliphatic hydroxyl groups is 1. The molecule has 0 aliphatic rings. The fourth-order valence-electron chi connectivity index (χ4n) is 2.35. The Morgan fingerprint density at radius 1 is 1.12 bits per heavy atom. The molecule has 2 nitrogen and oxygen atoms in total. The van der Waals surface area contributed by atoms with Crippen LogP contribution in [0.3, 0.4) is 0 Å². The normalized spacial score (nSPS) is 15.2. The molecule has 0 aromatic heterocycles. The number of rotatable bonds is 6. The van der Waals surface area contributed by atoms with E-state index in [0.717, 1.165) is 18.4 Å². The van der Waals surface area contributed by atoms with Gasteiger partial charge in [0, 0.05) is 12.1 Å². The fourth-order valence-corrected chi connectivity index (χ4v) is 2.35. The number of aliphatic hydroxyl groups excluding tert-OH is 1. The Balaban J connectivity index is 2.72. The highest BCUT2D eigenvalue weighted by Crippen LogP contribution is 2.22. The summed E-state index contributed by atoms with van der Waals surface area (Å²) in [5.74, 6) is 0. The lowest BCUT2D eigenvalue weighted by Gasteiger charge is -2.35. The monoisotopic (exact) mass is 235 g/mol. The molecule has 0 saturated heterocycles. The van der Waals surface area contributed by atoms with Crippen LogP contribution in [0.5, 0.6) is 0 Å². The van der Waals surface area contributed by atoms with Crippen LogP contribution in [0.1, 0.15) is 45.3 Å². The van der Waals surface area contributed by atoms with Crippen molar-refractivity contribution in [3.8, 4) is 0 Å². The molecule has 1 rings (SSSR count). The Hall–Kier alpha value is -0.860. The quantitative estimate of drug-likeness (QED) is 0.818. The van der Waals surface area contributed by atoms with E-state index in [0.29, 0.717) is 6.04 Å². The standard InChI is InChI=1S/C15H25NO/c1-5-14(6-2)16(4)12(3)15(17)13-10-8-7-9-11-13/h7-12,14-15,17H,5-6H2,1-4H3. The van der Waals surface area contributed by atoms with Gasteiger partial charge in [-0.3, -0.25) is 4.90 Å². The summed E-state index contributed by atoms with van der Waals surface area (Å²) in [5.41, 5.74) is 0.998. The van der Waals surface area contributed by atoms with E-state index in [2.05, 4.69) is 32.7 Å². The number of benzene rings is 1. The first-order valence-corrected chi connectivity index (χ1v) is 6.56. The van der Waals surface area contributed by atoms with Gasteiger partial charge in [-0.25, -0.2) is 0 Å². The number of hydrogen-bond donors (Lipinski definition) is 1. The molecule has 0 saturated carbocycles. The third-order valence-electron chi connectivity index (χ3n) is 3.76. The molecule has 2 unspecified atom stereocenters. The Morgan fingerprint density at radius 2 is 1.65 bits per heavy atom. The maximum absolute atomic E-state index is 10.4. The van der Waals surface area contributed by atoms with E-state index >= 15 is 0 Å². The average Bonchev–Trinajstić information content (AvgIpc) is 2.39. The highest BCUT2D eigenvalue weighted by atomic mass is 16.3. The molecule has 2 heteroatoms. The molecule has 0 spiro atoms. The second kappa shape index (κ2) is 6.77. The van der Waals surface area contributed by atoms with E-state index in [9.17, 15) is 5.11 Å². The van der Waals surface area contributed by atoms with Gasteiger partial charge in [0.2, 0.25) is 0 Å². The second-order valence-electron chi connectivity index (χ2n) is 4.73. The van der Waals surface area contributed by atoms with Crippen LogP contribution >= 0.6 is 0 Å². The van der Waals surface area contributed by atoms with Gasteiger partial charge in [0.15, 0.2) is 0 Å². The minimum atomic E-state index is -0.415. The first-order chi connectivity index (χ1) is 8.11. The Kier molecular flexibility index (Phi) is 5.66. The van der Waals surface area contributed by atoms with Gasteiger partial charge in [0.05, 0.1) is 6.10 Å². The van der Waals surface area contributed by atoms with Crippen molar-refractivity contribution in [3.05, 3.63) is 35.9 Å². The zero-order valence-electron chi connectivity index (χ0n) is 11.4. The highest BCUT2D eigenvalue weighted by molar-refractivity contribution is 5.18. The summed E-state index contributed by atoms with van der Waals surface area (Å²) in [6.07, 6.45) is 1.83. The highest BCUT2D eigenvalue weighted by Gasteiger charge is 2.24. The number of likely N-dealkylation sites (N-methyl/N-ethyl adjacent to an activating group) is 1. The van der Waals surface area contributed by atoms with E-state index in [4.69, 9.17) is 0 Å². The molecule has 1 N–H and O–H groups in total. The molecular weight excluding hydrogens is 210 g/mol. The van der Waals surface area contributed by atoms with Crippen molar-refractivity contribution in [3.63, 3.8) is 0 Å². The van der Waals surface area contributed by atoms with Crippen LogP contribution in [-0.2, 0) is 0 Å². The van der Waals surface area contributed by atoms with Crippen molar-refractivity contribution in [2.75, 3.05) is 7.05 Å². The van der Waals surface area contributed by atoms with E-state index in [1.807, 2.05) is 30.3 Å². The van der Waals surface area contributed by atoms with E-state index < -0.39 is 6.10 Å². The number of nitrogens with zero attached hydrogens (tertiary/aromatic N) is 1. The van der Waals surface area contributed by atoms with E-state index in [-0.39, 0.29) is 6.04 Å². The first kappa shape index (κ1) is 14.2. The van der Waals surface area contributed by atoms with Gasteiger partial charge in [-0.1, -0.05) is 44.2 Å². The topological polar surface area (TPSA) is 23.5 Å². The van der Waals surface area contributed by atoms with Gasteiger partial charge >= 0.3 is 0 Å². The van der Waals surface area contributed by atoms with E-state index in [1.165, 1.54) is 0 Å². The molecule has 0 aliphatic carbocycles. The molecule has 1 aromatic carbocycles. The minimum absolute atomic E-state index is 0.141. The van der Waals surface area contributed by atoms with Crippen molar-refractivity contribution in [2.45, 2.75) is 51.8 Å². The predicted octanol–water partition coefficient (Wildman–Crippen LogP) is 3.23. The SMILES string of the molecule is CCC(CC)N(C)C(C)C(O)c1ccccc1. The molecule has 0 fully saturated rings. The van der Waals surface area contributed by atoms with E-state index in [1.54, 1.807) is 0 Å². The third-order valence-corrected chi connectivity index (χ3v) is 3.76. The predicted molar refractivity (Wildman–Crippen MR) is 73.0 cm³/mol. The van der Waals surface area contributed by atoms with Crippen LogP contribution in [0.2, 0.25) is 0 Å². The van der Waals surface area contributed by atoms with Gasteiger partial charge < -0.3 is 5.11 Å². The molecule has 0 bridgehead atoms. The minimum Gasteiger partial charge on any atom is -0.387 e. The maximum atomic E-state index is 10.4.